The molecule has 0 heterocycles. The third-order valence-corrected chi connectivity index (χ3v) is 7.01. The molecule has 0 fully saturated rings. The van der Waals surface area contributed by atoms with Crippen LogP contribution in [0, 0.1) is 32.3 Å². The van der Waals surface area contributed by atoms with Crippen LogP contribution in [0.2, 0.25) is 0 Å². The van der Waals surface area contributed by atoms with Crippen molar-refractivity contribution in [2.45, 2.75) is 12.6 Å². The molecular weight excluding hydrogens is 582 g/mol. The maximum atomic E-state index is 2.36. The van der Waals surface area contributed by atoms with E-state index in [1.54, 1.807) is 0 Å². The van der Waals surface area contributed by atoms with Gasteiger partial charge in [-0.2, -0.15) is 0 Å². The molecule has 0 amide bonds. The first-order valence-corrected chi connectivity index (χ1v) is 8.96. The van der Waals surface area contributed by atoms with Gasteiger partial charge in [0, 0.05) is 32.3 Å². The van der Waals surface area contributed by atoms with E-state index in [-0.39, 0.29) is 49.3 Å². The van der Waals surface area contributed by atoms with Crippen molar-refractivity contribution in [2.24, 2.45) is 0 Å². The first-order chi connectivity index (χ1) is 10.4. The molecule has 1 radical (unpaired) electrons. The molecule has 1 atom stereocenters. The summed E-state index contributed by atoms with van der Waals surface area (Å²) in [6, 6.07) is 32.8. The molecule has 0 aliphatic carbocycles. The van der Waals surface area contributed by atoms with Gasteiger partial charge in [0.05, 0.1) is 24.2 Å². The van der Waals surface area contributed by atoms with Gasteiger partial charge >= 0.3 is 0 Å². The SMILES string of the molecule is CC(c1ccccc1)[PH+](c1ccccc1)c1ccccc1.[Br-].[Pa]. The Balaban J connectivity index is 0.00000132. The third kappa shape index (κ3) is 5.32. The smallest absolute Gasteiger partial charge is 0.0989 e. The summed E-state index contributed by atoms with van der Waals surface area (Å²) >= 11 is 0. The normalized spacial score (nSPS) is 11.2. The second kappa shape index (κ2) is 10.5. The molecular formula is C20H20BrPPa. The van der Waals surface area contributed by atoms with Crippen LogP contribution < -0.4 is 27.6 Å². The second-order valence-electron chi connectivity index (χ2n) is 5.28. The Morgan fingerprint density at radius 1 is 0.609 bits per heavy atom. The van der Waals surface area contributed by atoms with Crippen LogP contribution in [0.3, 0.4) is 0 Å². The summed E-state index contributed by atoms with van der Waals surface area (Å²) in [6.45, 7) is 2.36. The van der Waals surface area contributed by atoms with E-state index < -0.39 is 7.92 Å². The Morgan fingerprint density at radius 3 is 1.35 bits per heavy atom. The van der Waals surface area contributed by atoms with Crippen molar-refractivity contribution in [3.63, 3.8) is 0 Å². The summed E-state index contributed by atoms with van der Waals surface area (Å²) in [7, 11) is -0.830. The predicted octanol–water partition coefficient (Wildman–Crippen LogP) is 1.62. The summed E-state index contributed by atoms with van der Waals surface area (Å²) < 4.78 is 0. The van der Waals surface area contributed by atoms with Gasteiger partial charge in [0.2, 0.25) is 0 Å². The largest absolute Gasteiger partial charge is 1.00 e. The molecule has 0 bridgehead atoms. The van der Waals surface area contributed by atoms with Gasteiger partial charge < -0.3 is 17.0 Å². The molecule has 0 saturated carbocycles. The van der Waals surface area contributed by atoms with Crippen molar-refractivity contribution in [3.05, 3.63) is 96.6 Å². The van der Waals surface area contributed by atoms with Gasteiger partial charge in [-0.05, 0) is 36.8 Å². The predicted molar refractivity (Wildman–Crippen MR) is 95.3 cm³/mol. The Kier molecular flexibility index (Phi) is 9.46. The number of rotatable bonds is 4. The maximum absolute atomic E-state index is 2.36. The average molecular weight is 602 g/mol. The van der Waals surface area contributed by atoms with Gasteiger partial charge in [-0.3, -0.25) is 0 Å². The summed E-state index contributed by atoms with van der Waals surface area (Å²) in [4.78, 5) is 0. The van der Waals surface area contributed by atoms with Crippen LogP contribution in [0.4, 0.5) is 0 Å². The monoisotopic (exact) mass is 601 g/mol. The first kappa shape index (κ1) is 20.7. The van der Waals surface area contributed by atoms with Gasteiger partial charge in [0.15, 0.2) is 0 Å². The summed E-state index contributed by atoms with van der Waals surface area (Å²) in [5.74, 6) is 0. The van der Waals surface area contributed by atoms with Crippen LogP contribution >= 0.6 is 7.92 Å². The van der Waals surface area contributed by atoms with Crippen LogP contribution in [-0.2, 0) is 0 Å². The molecule has 115 valence electrons. The molecule has 0 N–H and O–H groups in total. The molecule has 3 heteroatoms. The van der Waals surface area contributed by atoms with Crippen molar-refractivity contribution in [1.29, 1.82) is 0 Å². The molecule has 0 aliphatic rings. The summed E-state index contributed by atoms with van der Waals surface area (Å²) in [5.41, 5.74) is 1.97. The van der Waals surface area contributed by atoms with Crippen LogP contribution in [0.25, 0.3) is 0 Å². The first-order valence-electron chi connectivity index (χ1n) is 7.39. The molecule has 0 aliphatic heterocycles. The molecule has 23 heavy (non-hydrogen) atoms. The van der Waals surface area contributed by atoms with Gasteiger partial charge in [-0.25, -0.2) is 0 Å². The van der Waals surface area contributed by atoms with E-state index in [0.717, 1.165) is 0 Å². The Bertz CT molecular complexity index is 634. The minimum atomic E-state index is -0.830. The van der Waals surface area contributed by atoms with Crippen molar-refractivity contribution in [2.75, 3.05) is 0 Å². The minimum Gasteiger partial charge on any atom is -1.00 e. The summed E-state index contributed by atoms with van der Waals surface area (Å²) in [5, 5.41) is 2.95. The van der Waals surface area contributed by atoms with Crippen molar-refractivity contribution >= 4 is 18.5 Å². The van der Waals surface area contributed by atoms with Crippen molar-refractivity contribution in [1.82, 2.24) is 0 Å². The average Bonchev–Trinajstić information content (AvgIpc) is 2.58. The van der Waals surface area contributed by atoms with Crippen LogP contribution in [0.1, 0.15) is 18.1 Å². The Labute approximate surface area is 175 Å². The van der Waals surface area contributed by atoms with Crippen LogP contribution in [-0.4, -0.2) is 0 Å². The fourth-order valence-electron chi connectivity index (χ4n) is 2.81. The zero-order chi connectivity index (χ0) is 14.5. The van der Waals surface area contributed by atoms with Crippen molar-refractivity contribution in [3.8, 4) is 0 Å². The van der Waals surface area contributed by atoms with E-state index in [2.05, 4.69) is 97.9 Å². The standard InChI is InChI=1S/C20H19P.BrH.Pa/c1-17(18-11-5-2-6-12-18)21(19-13-7-3-8-14-19)20-15-9-4-10-16-20;;/h2-17H,1H3;1H;. The summed E-state index contributed by atoms with van der Waals surface area (Å²) in [6.07, 6.45) is 0. The zero-order valence-electron chi connectivity index (χ0n) is 13.2. The van der Waals surface area contributed by atoms with Crippen LogP contribution in [0.15, 0.2) is 91.0 Å². The maximum Gasteiger partial charge on any atom is 0.0989 e. The second-order valence-corrected chi connectivity index (χ2v) is 8.13. The number of hydrogen-bond acceptors (Lipinski definition) is 0. The zero-order valence-corrected chi connectivity index (χ0v) is 20.6. The molecule has 1 unspecified atom stereocenters. The molecule has 3 aromatic rings. The molecule has 3 aromatic carbocycles. The van der Waals surface area contributed by atoms with Gasteiger partial charge in [0.25, 0.3) is 0 Å². The van der Waals surface area contributed by atoms with Crippen molar-refractivity contribution < 1.29 is 49.3 Å². The molecule has 0 nitrogen and oxygen atoms in total. The third-order valence-electron chi connectivity index (χ3n) is 3.90. The van der Waals surface area contributed by atoms with E-state index in [4.69, 9.17) is 0 Å². The van der Waals surface area contributed by atoms with Crippen LogP contribution in [0.5, 0.6) is 0 Å². The number of hydrogen-bond donors (Lipinski definition) is 0. The minimum absolute atomic E-state index is 0. The fraction of sp³-hybridized carbons (Fsp3) is 0.100. The van der Waals surface area contributed by atoms with Gasteiger partial charge in [-0.1, -0.05) is 66.7 Å². The van der Waals surface area contributed by atoms with E-state index in [9.17, 15) is 0 Å². The Morgan fingerprint density at radius 2 is 0.957 bits per heavy atom. The van der Waals surface area contributed by atoms with E-state index in [1.807, 2.05) is 0 Å². The molecule has 0 saturated heterocycles. The van der Waals surface area contributed by atoms with Gasteiger partial charge in [-0.15, -0.1) is 0 Å². The topological polar surface area (TPSA) is 0 Å². The quantitative estimate of drug-likeness (QED) is 0.399. The molecule has 3 rings (SSSR count). The number of benzene rings is 3. The Hall–Kier alpha value is -0.339. The van der Waals surface area contributed by atoms with E-state index in [0.29, 0.717) is 5.66 Å². The van der Waals surface area contributed by atoms with E-state index >= 15 is 0 Å². The molecule has 0 aromatic heterocycles. The molecule has 0 spiro atoms. The number of halogens is 1. The fourth-order valence-corrected chi connectivity index (χ4v) is 5.77. The van der Waals surface area contributed by atoms with Gasteiger partial charge in [0.1, 0.15) is 0 Å². The van der Waals surface area contributed by atoms with E-state index in [1.165, 1.54) is 16.2 Å².